The smallest absolute Gasteiger partial charge is 0.225 e. The minimum absolute atomic E-state index is 0.00467. The van der Waals surface area contributed by atoms with E-state index in [1.807, 2.05) is 25.1 Å². The number of rotatable bonds is 7. The van der Waals surface area contributed by atoms with Crippen molar-refractivity contribution < 1.29 is 4.79 Å². The number of anilines is 2. The van der Waals surface area contributed by atoms with Crippen LogP contribution in [0, 0.1) is 0 Å². The van der Waals surface area contributed by atoms with Crippen molar-refractivity contribution in [3.8, 4) is 0 Å². The van der Waals surface area contributed by atoms with Crippen LogP contribution in [0.3, 0.4) is 0 Å². The standard InChI is InChI=1S/C19H22N4O/c1-2-5-19(24)23-18-9-8-15(13-22-18)20-11-10-14-12-21-17-7-4-3-6-16(14)17/h3-4,6-9,12-13,20-21H,2,5,10-11H2,1H3,(H,22,23,24). The first-order valence-corrected chi connectivity index (χ1v) is 8.31. The van der Waals surface area contributed by atoms with E-state index in [-0.39, 0.29) is 5.91 Å². The highest BCUT2D eigenvalue weighted by Crippen LogP contribution is 2.18. The maximum absolute atomic E-state index is 11.5. The van der Waals surface area contributed by atoms with E-state index in [0.29, 0.717) is 12.2 Å². The molecule has 0 aliphatic rings. The van der Waals surface area contributed by atoms with Gasteiger partial charge in [0, 0.05) is 30.1 Å². The molecule has 0 bridgehead atoms. The molecule has 1 amide bonds. The third-order valence-electron chi connectivity index (χ3n) is 3.91. The van der Waals surface area contributed by atoms with Gasteiger partial charge in [0.2, 0.25) is 5.91 Å². The number of carbonyl (C=O) groups is 1. The number of nitrogens with zero attached hydrogens (tertiary/aromatic N) is 1. The molecule has 0 saturated carbocycles. The van der Waals surface area contributed by atoms with Crippen LogP contribution in [0.1, 0.15) is 25.3 Å². The number of pyridine rings is 1. The van der Waals surface area contributed by atoms with E-state index in [9.17, 15) is 4.79 Å². The molecule has 0 atom stereocenters. The third-order valence-corrected chi connectivity index (χ3v) is 3.91. The molecule has 124 valence electrons. The van der Waals surface area contributed by atoms with E-state index >= 15 is 0 Å². The highest BCUT2D eigenvalue weighted by Gasteiger charge is 2.04. The van der Waals surface area contributed by atoms with Crippen LogP contribution >= 0.6 is 0 Å². The molecular formula is C19H22N4O. The minimum atomic E-state index is 0.00467. The maximum Gasteiger partial charge on any atom is 0.225 e. The summed E-state index contributed by atoms with van der Waals surface area (Å²) in [4.78, 5) is 19.1. The largest absolute Gasteiger partial charge is 0.383 e. The highest BCUT2D eigenvalue weighted by atomic mass is 16.1. The molecule has 0 aliphatic carbocycles. The van der Waals surface area contributed by atoms with Gasteiger partial charge >= 0.3 is 0 Å². The first kappa shape index (κ1) is 16.1. The van der Waals surface area contributed by atoms with Crippen molar-refractivity contribution in [2.45, 2.75) is 26.2 Å². The monoisotopic (exact) mass is 322 g/mol. The van der Waals surface area contributed by atoms with E-state index < -0.39 is 0 Å². The summed E-state index contributed by atoms with van der Waals surface area (Å²) in [6.45, 7) is 2.80. The number of amides is 1. The van der Waals surface area contributed by atoms with Crippen LogP contribution in [0.15, 0.2) is 48.8 Å². The zero-order chi connectivity index (χ0) is 16.8. The lowest BCUT2D eigenvalue weighted by Gasteiger charge is -2.07. The SMILES string of the molecule is CCCC(=O)Nc1ccc(NCCc2c[nH]c3ccccc23)cn1. The molecule has 3 aromatic rings. The van der Waals surface area contributed by atoms with Crippen LogP contribution < -0.4 is 10.6 Å². The molecule has 5 heteroatoms. The zero-order valence-corrected chi connectivity index (χ0v) is 13.8. The maximum atomic E-state index is 11.5. The number of fused-ring (bicyclic) bond motifs is 1. The van der Waals surface area contributed by atoms with Crippen LogP contribution in [0.4, 0.5) is 11.5 Å². The molecule has 3 rings (SSSR count). The second-order valence-corrected chi connectivity index (χ2v) is 5.77. The Morgan fingerprint density at radius 1 is 1.21 bits per heavy atom. The summed E-state index contributed by atoms with van der Waals surface area (Å²) in [6.07, 6.45) is 6.10. The van der Waals surface area contributed by atoms with Gasteiger partial charge in [-0.05, 0) is 36.6 Å². The molecule has 0 aliphatic heterocycles. The predicted octanol–water partition coefficient (Wildman–Crippen LogP) is 3.96. The number of hydrogen-bond donors (Lipinski definition) is 3. The predicted molar refractivity (Wildman–Crippen MR) is 98.3 cm³/mol. The van der Waals surface area contributed by atoms with Crippen LogP contribution in [0.2, 0.25) is 0 Å². The first-order valence-electron chi connectivity index (χ1n) is 8.31. The van der Waals surface area contributed by atoms with Gasteiger partial charge in [-0.3, -0.25) is 4.79 Å². The molecule has 0 spiro atoms. The fraction of sp³-hybridized carbons (Fsp3) is 0.263. The lowest BCUT2D eigenvalue weighted by molar-refractivity contribution is -0.116. The molecule has 3 N–H and O–H groups in total. The number of nitrogens with one attached hydrogen (secondary N) is 3. The lowest BCUT2D eigenvalue weighted by atomic mass is 10.1. The Labute approximate surface area is 141 Å². The van der Waals surface area contributed by atoms with E-state index in [4.69, 9.17) is 0 Å². The summed E-state index contributed by atoms with van der Waals surface area (Å²) in [5, 5.41) is 7.42. The van der Waals surface area contributed by atoms with E-state index in [1.165, 1.54) is 16.5 Å². The van der Waals surface area contributed by atoms with Gasteiger partial charge in [-0.2, -0.15) is 0 Å². The molecule has 24 heavy (non-hydrogen) atoms. The summed E-state index contributed by atoms with van der Waals surface area (Å²) in [5.74, 6) is 0.598. The number of benzene rings is 1. The number of carbonyl (C=O) groups excluding carboxylic acids is 1. The number of aromatic amines is 1. The highest BCUT2D eigenvalue weighted by molar-refractivity contribution is 5.89. The summed E-state index contributed by atoms with van der Waals surface area (Å²) < 4.78 is 0. The molecule has 0 fully saturated rings. The molecular weight excluding hydrogens is 300 g/mol. The number of hydrogen-bond acceptors (Lipinski definition) is 3. The van der Waals surface area contributed by atoms with Crippen molar-refractivity contribution in [1.82, 2.24) is 9.97 Å². The van der Waals surface area contributed by atoms with Crippen LogP contribution in [-0.4, -0.2) is 22.4 Å². The summed E-state index contributed by atoms with van der Waals surface area (Å²) >= 11 is 0. The van der Waals surface area contributed by atoms with Crippen LogP contribution in [0.5, 0.6) is 0 Å². The molecule has 2 heterocycles. The Balaban J connectivity index is 1.52. The Morgan fingerprint density at radius 2 is 2.08 bits per heavy atom. The average Bonchev–Trinajstić information content (AvgIpc) is 3.00. The Bertz CT molecular complexity index is 808. The minimum Gasteiger partial charge on any atom is -0.383 e. The number of aromatic nitrogens is 2. The van der Waals surface area contributed by atoms with Crippen molar-refractivity contribution in [2.24, 2.45) is 0 Å². The number of H-pyrrole nitrogens is 1. The van der Waals surface area contributed by atoms with E-state index in [0.717, 1.165) is 25.1 Å². The van der Waals surface area contributed by atoms with Gasteiger partial charge in [0.05, 0.1) is 11.9 Å². The normalized spacial score (nSPS) is 10.7. The van der Waals surface area contributed by atoms with Crippen molar-refractivity contribution in [3.05, 3.63) is 54.4 Å². The van der Waals surface area contributed by atoms with E-state index in [1.54, 1.807) is 6.20 Å². The summed E-state index contributed by atoms with van der Waals surface area (Å²) in [7, 11) is 0. The molecule has 1 aromatic carbocycles. The third kappa shape index (κ3) is 3.93. The van der Waals surface area contributed by atoms with E-state index in [2.05, 4.69) is 45.0 Å². The topological polar surface area (TPSA) is 69.8 Å². The van der Waals surface area contributed by atoms with Crippen molar-refractivity contribution >= 4 is 28.3 Å². The van der Waals surface area contributed by atoms with Gasteiger partial charge in [-0.15, -0.1) is 0 Å². The fourth-order valence-corrected chi connectivity index (χ4v) is 2.68. The van der Waals surface area contributed by atoms with Gasteiger partial charge in [0.25, 0.3) is 0 Å². The number of para-hydroxylation sites is 1. The van der Waals surface area contributed by atoms with Crippen molar-refractivity contribution in [2.75, 3.05) is 17.2 Å². The zero-order valence-electron chi connectivity index (χ0n) is 13.8. The second kappa shape index (κ2) is 7.64. The Kier molecular flexibility index (Phi) is 5.11. The quantitative estimate of drug-likeness (QED) is 0.617. The second-order valence-electron chi connectivity index (χ2n) is 5.77. The Hall–Kier alpha value is -2.82. The molecule has 2 aromatic heterocycles. The first-order chi connectivity index (χ1) is 11.8. The average molecular weight is 322 g/mol. The van der Waals surface area contributed by atoms with Crippen molar-refractivity contribution in [1.29, 1.82) is 0 Å². The van der Waals surface area contributed by atoms with Gasteiger partial charge in [0.15, 0.2) is 0 Å². The summed E-state index contributed by atoms with van der Waals surface area (Å²) in [6, 6.07) is 12.1. The fourth-order valence-electron chi connectivity index (χ4n) is 2.68. The van der Waals surface area contributed by atoms with Crippen LogP contribution in [-0.2, 0) is 11.2 Å². The summed E-state index contributed by atoms with van der Waals surface area (Å²) in [5.41, 5.74) is 3.42. The Morgan fingerprint density at radius 3 is 2.88 bits per heavy atom. The molecule has 0 radical (unpaired) electrons. The molecule has 0 unspecified atom stereocenters. The molecule has 0 saturated heterocycles. The molecule has 5 nitrogen and oxygen atoms in total. The van der Waals surface area contributed by atoms with Crippen LogP contribution in [0.25, 0.3) is 10.9 Å². The van der Waals surface area contributed by atoms with Crippen molar-refractivity contribution in [3.63, 3.8) is 0 Å². The van der Waals surface area contributed by atoms with Gasteiger partial charge < -0.3 is 15.6 Å². The van der Waals surface area contributed by atoms with Gasteiger partial charge in [-0.1, -0.05) is 25.1 Å². The van der Waals surface area contributed by atoms with Gasteiger partial charge in [0.1, 0.15) is 5.82 Å². The lowest BCUT2D eigenvalue weighted by Crippen LogP contribution is -2.12. The van der Waals surface area contributed by atoms with Gasteiger partial charge in [-0.25, -0.2) is 4.98 Å².